The molecule has 0 fully saturated rings. The van der Waals surface area contributed by atoms with Crippen LogP contribution in [0.15, 0.2) is 42.5 Å². The van der Waals surface area contributed by atoms with E-state index in [0.717, 1.165) is 0 Å². The number of nitrogens with one attached hydrogen (secondary N) is 1. The summed E-state index contributed by atoms with van der Waals surface area (Å²) in [4.78, 5) is 22.8. The van der Waals surface area contributed by atoms with Gasteiger partial charge in [-0.3, -0.25) is 4.79 Å². The minimum absolute atomic E-state index is 0.0210. The summed E-state index contributed by atoms with van der Waals surface area (Å²) >= 11 is 0. The lowest BCUT2D eigenvalue weighted by Crippen LogP contribution is -2.12. The van der Waals surface area contributed by atoms with E-state index in [1.165, 1.54) is 30.3 Å². The molecule has 2 aromatic carbocycles. The molecule has 0 saturated carbocycles. The molecule has 1 amide bonds. The standard InChI is InChI=1S/C14H11NO5/c16-11-7-2-1-4-8(11)13(18)15-10-6-3-5-9(12(10)17)14(19)20/h1-7,16-17H,(H,15,18)(H,19,20). The fourth-order valence-electron chi connectivity index (χ4n) is 1.67. The molecule has 0 atom stereocenters. The maximum Gasteiger partial charge on any atom is 0.339 e. The second-order valence-corrected chi connectivity index (χ2v) is 3.98. The van der Waals surface area contributed by atoms with Gasteiger partial charge in [0.2, 0.25) is 0 Å². The van der Waals surface area contributed by atoms with Gasteiger partial charge >= 0.3 is 5.97 Å². The number of benzene rings is 2. The number of carbonyl (C=O) groups is 2. The van der Waals surface area contributed by atoms with Crippen LogP contribution >= 0.6 is 0 Å². The molecule has 4 N–H and O–H groups in total. The van der Waals surface area contributed by atoms with Crippen LogP contribution in [0.1, 0.15) is 20.7 Å². The Balaban J connectivity index is 2.32. The first-order chi connectivity index (χ1) is 9.50. The number of phenolic OH excluding ortho intramolecular Hbond substituents is 1. The highest BCUT2D eigenvalue weighted by Gasteiger charge is 2.16. The van der Waals surface area contributed by atoms with Gasteiger partial charge in [0.1, 0.15) is 11.3 Å². The summed E-state index contributed by atoms with van der Waals surface area (Å²) < 4.78 is 0. The average molecular weight is 273 g/mol. The molecule has 0 aliphatic rings. The highest BCUT2D eigenvalue weighted by atomic mass is 16.4. The van der Waals surface area contributed by atoms with Gasteiger partial charge in [-0.2, -0.15) is 0 Å². The smallest absolute Gasteiger partial charge is 0.339 e. The molecule has 6 heteroatoms. The van der Waals surface area contributed by atoms with Crippen LogP contribution in [0.4, 0.5) is 5.69 Å². The molecule has 102 valence electrons. The largest absolute Gasteiger partial charge is 0.507 e. The first-order valence-corrected chi connectivity index (χ1v) is 5.65. The number of anilines is 1. The number of rotatable bonds is 3. The predicted molar refractivity (Wildman–Crippen MR) is 71.1 cm³/mol. The number of carboxylic acid groups (broad SMARTS) is 1. The van der Waals surface area contributed by atoms with Gasteiger partial charge in [-0.25, -0.2) is 4.79 Å². The molecule has 2 aromatic rings. The summed E-state index contributed by atoms with van der Waals surface area (Å²) in [6.45, 7) is 0. The van der Waals surface area contributed by atoms with Gasteiger partial charge in [-0.1, -0.05) is 18.2 Å². The van der Waals surface area contributed by atoms with Crippen molar-refractivity contribution in [1.82, 2.24) is 0 Å². The van der Waals surface area contributed by atoms with Crippen molar-refractivity contribution in [2.24, 2.45) is 0 Å². The maximum absolute atomic E-state index is 11.9. The van der Waals surface area contributed by atoms with Gasteiger partial charge in [0.25, 0.3) is 5.91 Å². The van der Waals surface area contributed by atoms with Gasteiger partial charge in [-0.05, 0) is 24.3 Å². The van der Waals surface area contributed by atoms with E-state index in [2.05, 4.69) is 5.32 Å². The Morgan fingerprint density at radius 1 is 0.900 bits per heavy atom. The Morgan fingerprint density at radius 2 is 1.55 bits per heavy atom. The van der Waals surface area contributed by atoms with Crippen molar-refractivity contribution >= 4 is 17.6 Å². The molecule has 0 bridgehead atoms. The maximum atomic E-state index is 11.9. The number of hydrogen-bond donors (Lipinski definition) is 4. The van der Waals surface area contributed by atoms with E-state index in [-0.39, 0.29) is 22.6 Å². The minimum atomic E-state index is -1.30. The lowest BCUT2D eigenvalue weighted by molar-refractivity contribution is 0.0693. The summed E-state index contributed by atoms with van der Waals surface area (Å²) in [5.41, 5.74) is -0.342. The van der Waals surface area contributed by atoms with Crippen LogP contribution in [-0.4, -0.2) is 27.2 Å². The van der Waals surface area contributed by atoms with E-state index in [4.69, 9.17) is 5.11 Å². The molecular formula is C14H11NO5. The second-order valence-electron chi connectivity index (χ2n) is 3.98. The summed E-state index contributed by atoms with van der Waals surface area (Å²) in [6, 6.07) is 9.86. The van der Waals surface area contributed by atoms with Crippen LogP contribution in [0.5, 0.6) is 11.5 Å². The Labute approximate surface area is 113 Å². The molecular weight excluding hydrogens is 262 g/mol. The van der Waals surface area contributed by atoms with Gasteiger partial charge in [0, 0.05) is 0 Å². The van der Waals surface area contributed by atoms with Crippen LogP contribution in [0, 0.1) is 0 Å². The van der Waals surface area contributed by atoms with E-state index in [9.17, 15) is 19.8 Å². The molecule has 0 aliphatic carbocycles. The average Bonchev–Trinajstić information content (AvgIpc) is 2.41. The summed E-state index contributed by atoms with van der Waals surface area (Å²) in [6.07, 6.45) is 0. The number of phenols is 2. The van der Waals surface area contributed by atoms with Crippen LogP contribution in [0.2, 0.25) is 0 Å². The van der Waals surface area contributed by atoms with Crippen molar-refractivity contribution in [3.63, 3.8) is 0 Å². The molecule has 2 rings (SSSR count). The van der Waals surface area contributed by atoms with Crippen molar-refractivity contribution < 1.29 is 24.9 Å². The van der Waals surface area contributed by atoms with E-state index in [1.807, 2.05) is 0 Å². The van der Waals surface area contributed by atoms with Crippen molar-refractivity contribution in [1.29, 1.82) is 0 Å². The molecule has 0 aliphatic heterocycles. The lowest BCUT2D eigenvalue weighted by atomic mass is 10.1. The van der Waals surface area contributed by atoms with Gasteiger partial charge < -0.3 is 20.6 Å². The SMILES string of the molecule is O=C(Nc1cccc(C(=O)O)c1O)c1ccccc1O. The van der Waals surface area contributed by atoms with E-state index >= 15 is 0 Å². The Hall–Kier alpha value is -3.02. The second kappa shape index (κ2) is 5.31. The van der Waals surface area contributed by atoms with Crippen LogP contribution in [0.25, 0.3) is 0 Å². The van der Waals surface area contributed by atoms with E-state index < -0.39 is 17.6 Å². The molecule has 0 unspecified atom stereocenters. The summed E-state index contributed by atoms with van der Waals surface area (Å²) in [7, 11) is 0. The van der Waals surface area contributed by atoms with Crippen LogP contribution in [0.3, 0.4) is 0 Å². The fraction of sp³-hybridized carbons (Fsp3) is 0. The topological polar surface area (TPSA) is 107 Å². The predicted octanol–water partition coefficient (Wildman–Crippen LogP) is 2.05. The van der Waals surface area contributed by atoms with Gasteiger partial charge in [0.15, 0.2) is 5.75 Å². The number of carbonyl (C=O) groups excluding carboxylic acids is 1. The molecule has 6 nitrogen and oxygen atoms in total. The Kier molecular flexibility index (Phi) is 3.56. The quantitative estimate of drug-likeness (QED) is 0.640. The van der Waals surface area contributed by atoms with Crippen LogP contribution in [-0.2, 0) is 0 Å². The third-order valence-corrected chi connectivity index (χ3v) is 2.66. The van der Waals surface area contributed by atoms with E-state index in [0.29, 0.717) is 0 Å². The van der Waals surface area contributed by atoms with Crippen molar-refractivity contribution in [2.75, 3.05) is 5.32 Å². The third-order valence-electron chi connectivity index (χ3n) is 2.66. The van der Waals surface area contributed by atoms with Gasteiger partial charge in [-0.15, -0.1) is 0 Å². The van der Waals surface area contributed by atoms with Gasteiger partial charge in [0.05, 0.1) is 11.3 Å². The van der Waals surface area contributed by atoms with Crippen LogP contribution < -0.4 is 5.32 Å². The number of aromatic carboxylic acids is 1. The summed E-state index contributed by atoms with van der Waals surface area (Å²) in [5.74, 6) is -2.70. The molecule has 0 spiro atoms. The first-order valence-electron chi connectivity index (χ1n) is 5.65. The molecule has 0 saturated heterocycles. The van der Waals surface area contributed by atoms with E-state index in [1.54, 1.807) is 12.1 Å². The monoisotopic (exact) mass is 273 g/mol. The molecule has 0 heterocycles. The molecule has 20 heavy (non-hydrogen) atoms. The fourth-order valence-corrected chi connectivity index (χ4v) is 1.67. The van der Waals surface area contributed by atoms with Crippen molar-refractivity contribution in [3.05, 3.63) is 53.6 Å². The number of hydrogen-bond acceptors (Lipinski definition) is 4. The van der Waals surface area contributed by atoms with Crippen molar-refractivity contribution in [3.8, 4) is 11.5 Å². The highest BCUT2D eigenvalue weighted by molar-refractivity contribution is 6.07. The number of carboxylic acids is 1. The zero-order valence-corrected chi connectivity index (χ0v) is 10.2. The van der Waals surface area contributed by atoms with Crippen molar-refractivity contribution in [2.45, 2.75) is 0 Å². The molecule has 0 radical (unpaired) electrons. The Morgan fingerprint density at radius 3 is 2.20 bits per heavy atom. The lowest BCUT2D eigenvalue weighted by Gasteiger charge is -2.09. The normalized spacial score (nSPS) is 10.0. The highest BCUT2D eigenvalue weighted by Crippen LogP contribution is 2.28. The summed E-state index contributed by atoms with van der Waals surface area (Å²) in [5, 5.41) is 30.5. The zero-order valence-electron chi connectivity index (χ0n) is 10.2. The number of para-hydroxylation sites is 2. The Bertz CT molecular complexity index is 681. The third kappa shape index (κ3) is 2.54. The number of amides is 1. The zero-order chi connectivity index (χ0) is 14.7. The number of aromatic hydroxyl groups is 2. The molecule has 0 aromatic heterocycles. The first kappa shape index (κ1) is 13.4. The minimum Gasteiger partial charge on any atom is -0.507 e.